The van der Waals surface area contributed by atoms with E-state index in [0.717, 1.165) is 44.5 Å². The van der Waals surface area contributed by atoms with Crippen LogP contribution in [0.5, 0.6) is 0 Å². The predicted molar refractivity (Wildman–Crippen MR) is 158 cm³/mol. The first-order chi connectivity index (χ1) is 19.4. The van der Waals surface area contributed by atoms with E-state index in [2.05, 4.69) is 20.5 Å². The molecule has 224 valence electrons. The van der Waals surface area contributed by atoms with Crippen molar-refractivity contribution in [2.24, 2.45) is 11.8 Å². The van der Waals surface area contributed by atoms with Gasteiger partial charge in [-0.05, 0) is 83.5 Å². The van der Waals surface area contributed by atoms with Gasteiger partial charge in [0.25, 0.3) is 0 Å². The number of thiazole rings is 1. The lowest BCUT2D eigenvalue weighted by Gasteiger charge is -2.42. The van der Waals surface area contributed by atoms with E-state index < -0.39 is 5.60 Å². The fourth-order valence-corrected chi connectivity index (χ4v) is 6.60. The Balaban J connectivity index is 1.42. The number of likely N-dealkylation sites (tertiary alicyclic amines) is 2. The largest absolute Gasteiger partial charge is 0.444 e. The number of ketones is 1. The maximum atomic E-state index is 13.4. The number of carbonyl (C=O) groups is 3. The van der Waals surface area contributed by atoms with Crippen LogP contribution in [0.1, 0.15) is 67.9 Å². The van der Waals surface area contributed by atoms with Crippen molar-refractivity contribution in [2.45, 2.75) is 71.9 Å². The molecule has 0 bridgehead atoms. The Labute approximate surface area is 245 Å². The van der Waals surface area contributed by atoms with Gasteiger partial charge in [-0.2, -0.15) is 0 Å². The maximum absolute atomic E-state index is 13.4. The zero-order valence-corrected chi connectivity index (χ0v) is 25.5. The summed E-state index contributed by atoms with van der Waals surface area (Å²) in [4.78, 5) is 46.8. The van der Waals surface area contributed by atoms with Crippen LogP contribution in [0.3, 0.4) is 0 Å². The second-order valence-corrected chi connectivity index (χ2v) is 13.3. The van der Waals surface area contributed by atoms with E-state index in [1.807, 2.05) is 32.9 Å². The zero-order chi connectivity index (χ0) is 29.7. The normalized spacial score (nSPS) is 21.8. The van der Waals surface area contributed by atoms with E-state index in [0.29, 0.717) is 41.1 Å². The number of halogens is 1. The number of urea groups is 1. The minimum atomic E-state index is -0.591. The summed E-state index contributed by atoms with van der Waals surface area (Å²) in [6, 6.07) is 6.21. The van der Waals surface area contributed by atoms with E-state index in [-0.39, 0.29) is 35.7 Å². The number of nitrogens with zero attached hydrogens (tertiary/aromatic N) is 3. The summed E-state index contributed by atoms with van der Waals surface area (Å²) in [7, 11) is 0. The Hall–Kier alpha value is -3.05. The Bertz CT molecular complexity index is 1230. The third kappa shape index (κ3) is 8.97. The number of anilines is 1. The molecule has 4 rings (SSSR count). The number of piperidine rings is 2. The third-order valence-corrected chi connectivity index (χ3v) is 8.75. The number of hydrogen-bond acceptors (Lipinski definition) is 7. The van der Waals surface area contributed by atoms with Crippen molar-refractivity contribution < 1.29 is 23.5 Å². The van der Waals surface area contributed by atoms with E-state index in [4.69, 9.17) is 4.74 Å². The predicted octanol–water partition coefficient (Wildman–Crippen LogP) is 5.50. The maximum Gasteiger partial charge on any atom is 0.410 e. The van der Waals surface area contributed by atoms with Crippen molar-refractivity contribution in [1.29, 1.82) is 0 Å². The number of ether oxygens (including phenoxy) is 1. The monoisotopic (exact) mass is 587 g/mol. The van der Waals surface area contributed by atoms with Gasteiger partial charge in [-0.15, -0.1) is 0 Å². The molecule has 1 aromatic heterocycles. The van der Waals surface area contributed by atoms with Crippen molar-refractivity contribution in [2.75, 3.05) is 38.0 Å². The molecule has 2 aromatic rings. The quantitative estimate of drug-likeness (QED) is 0.415. The van der Waals surface area contributed by atoms with Crippen LogP contribution in [0.2, 0.25) is 0 Å². The molecule has 0 spiro atoms. The topological polar surface area (TPSA) is 104 Å². The lowest BCUT2D eigenvalue weighted by molar-refractivity contribution is 0.00959. The molecule has 3 amide bonds. The molecule has 2 saturated heterocycles. The number of carbonyl (C=O) groups excluding carboxylic acids is 3. The second-order valence-electron chi connectivity index (χ2n) is 12.3. The summed E-state index contributed by atoms with van der Waals surface area (Å²) < 4.78 is 19.0. The van der Waals surface area contributed by atoms with Gasteiger partial charge < -0.3 is 19.9 Å². The van der Waals surface area contributed by atoms with Crippen molar-refractivity contribution in [3.05, 3.63) is 46.2 Å². The fraction of sp³-hybridized carbons (Fsp3) is 0.600. The first kappa shape index (κ1) is 30.9. The van der Waals surface area contributed by atoms with Gasteiger partial charge in [0, 0.05) is 45.1 Å². The van der Waals surface area contributed by atoms with Crippen LogP contribution in [-0.2, 0) is 11.2 Å². The number of aryl methyl sites for hydroxylation is 1. The van der Waals surface area contributed by atoms with Crippen LogP contribution in [0, 0.1) is 24.6 Å². The number of rotatable bonds is 7. The summed E-state index contributed by atoms with van der Waals surface area (Å²) in [6.07, 6.45) is 3.33. The number of amides is 3. The number of benzene rings is 1. The van der Waals surface area contributed by atoms with E-state index >= 15 is 0 Å². The smallest absolute Gasteiger partial charge is 0.410 e. The van der Waals surface area contributed by atoms with Gasteiger partial charge >= 0.3 is 12.1 Å². The first-order valence-electron chi connectivity index (χ1n) is 14.4. The Morgan fingerprint density at radius 1 is 1.12 bits per heavy atom. The van der Waals surface area contributed by atoms with Crippen LogP contribution in [0.4, 0.5) is 19.1 Å². The average molecular weight is 588 g/mol. The fourth-order valence-electron chi connectivity index (χ4n) is 5.75. The molecule has 2 fully saturated rings. The van der Waals surface area contributed by atoms with Crippen LogP contribution in [0.15, 0.2) is 24.3 Å². The van der Waals surface area contributed by atoms with Crippen molar-refractivity contribution in [1.82, 2.24) is 20.1 Å². The number of Topliss-reactive ketones (excluding diaryl/α,β-unsaturated/α-hetero) is 1. The van der Waals surface area contributed by atoms with Gasteiger partial charge in [0.05, 0.1) is 10.6 Å². The van der Waals surface area contributed by atoms with Gasteiger partial charge in [-0.25, -0.2) is 19.0 Å². The summed E-state index contributed by atoms with van der Waals surface area (Å²) in [6.45, 7) is 12.3. The second kappa shape index (κ2) is 13.3. The third-order valence-electron chi connectivity index (χ3n) is 7.57. The molecule has 1 aromatic carbocycles. The molecular weight excluding hydrogens is 545 g/mol. The van der Waals surface area contributed by atoms with E-state index in [1.165, 1.54) is 30.4 Å². The molecule has 3 heterocycles. The molecule has 0 unspecified atom stereocenters. The van der Waals surface area contributed by atoms with E-state index in [9.17, 15) is 18.8 Å². The minimum absolute atomic E-state index is 0.00241. The van der Waals surface area contributed by atoms with Gasteiger partial charge in [0.1, 0.15) is 11.4 Å². The lowest BCUT2D eigenvalue weighted by Crippen LogP contribution is -2.57. The van der Waals surface area contributed by atoms with Crippen molar-refractivity contribution in [3.8, 4) is 0 Å². The highest BCUT2D eigenvalue weighted by Crippen LogP contribution is 2.27. The van der Waals surface area contributed by atoms with Crippen LogP contribution in [-0.4, -0.2) is 77.1 Å². The summed E-state index contributed by atoms with van der Waals surface area (Å²) in [5.74, 6) is 0.149. The Kier molecular flexibility index (Phi) is 10.0. The molecule has 11 heteroatoms. The molecular formula is C30H42FN5O4S. The van der Waals surface area contributed by atoms with E-state index in [1.54, 1.807) is 11.8 Å². The summed E-state index contributed by atoms with van der Waals surface area (Å²) in [5, 5.41) is 6.29. The highest BCUT2D eigenvalue weighted by Gasteiger charge is 2.36. The lowest BCUT2D eigenvalue weighted by atomic mass is 9.88. The summed E-state index contributed by atoms with van der Waals surface area (Å²) in [5.41, 5.74) is 1.14. The highest BCUT2D eigenvalue weighted by atomic mass is 32.1. The molecule has 2 aliphatic heterocycles. The van der Waals surface area contributed by atoms with Crippen LogP contribution in [0.25, 0.3) is 0 Å². The number of nitrogens with one attached hydrogen (secondary N) is 2. The summed E-state index contributed by atoms with van der Waals surface area (Å²) >= 11 is 1.17. The first-order valence-corrected chi connectivity index (χ1v) is 15.2. The molecule has 2 aliphatic rings. The van der Waals surface area contributed by atoms with Gasteiger partial charge in [-0.1, -0.05) is 23.5 Å². The molecule has 2 N–H and O–H groups in total. The molecule has 0 saturated carbocycles. The number of hydrogen-bond donors (Lipinski definition) is 2. The minimum Gasteiger partial charge on any atom is -0.444 e. The molecule has 0 aliphatic carbocycles. The van der Waals surface area contributed by atoms with Crippen molar-refractivity contribution >= 4 is 34.4 Å². The Morgan fingerprint density at radius 2 is 1.85 bits per heavy atom. The number of aromatic nitrogens is 1. The zero-order valence-electron chi connectivity index (χ0n) is 24.7. The van der Waals surface area contributed by atoms with Gasteiger partial charge in [0.15, 0.2) is 10.9 Å². The molecule has 41 heavy (non-hydrogen) atoms. The van der Waals surface area contributed by atoms with Gasteiger partial charge in [-0.3, -0.25) is 10.1 Å². The SMILES string of the molecule is CC(=O)c1sc(NC(=O)N[C@@H]2CCN(C(=O)OC(C)(C)C)C[C@H]2CN2CCC[C@@H](Cc3ccc(F)cc3)C2)nc1C. The molecule has 9 nitrogen and oxygen atoms in total. The standard InChI is InChI=1S/C30H42FN5O4S/c1-19-26(20(2)37)41-28(32-19)34-27(38)33-25-12-14-36(29(39)40-30(3,4)5)18-23(25)17-35-13-6-7-22(16-35)15-21-8-10-24(31)11-9-21/h8-11,22-23,25H,6-7,12-18H2,1-5H3,(H2,32,33,34,38)/t22-,23+,25+/m0/s1. The highest BCUT2D eigenvalue weighted by molar-refractivity contribution is 7.17. The molecule has 3 atom stereocenters. The Morgan fingerprint density at radius 3 is 2.51 bits per heavy atom. The van der Waals surface area contributed by atoms with Crippen LogP contribution < -0.4 is 10.6 Å². The van der Waals surface area contributed by atoms with Crippen LogP contribution >= 0.6 is 11.3 Å². The van der Waals surface area contributed by atoms with Gasteiger partial charge in [0.2, 0.25) is 0 Å². The molecule has 0 radical (unpaired) electrons. The van der Waals surface area contributed by atoms with Crippen molar-refractivity contribution in [3.63, 3.8) is 0 Å². The average Bonchev–Trinajstić information content (AvgIpc) is 3.25.